The number of nitriles is 1. The zero-order valence-electron chi connectivity index (χ0n) is 22.5. The summed E-state index contributed by atoms with van der Waals surface area (Å²) in [6.07, 6.45) is 1.39. The number of benzene rings is 4. The molecular weight excluding hydrogens is 482 g/mol. The first kappa shape index (κ1) is 26.2. The van der Waals surface area contributed by atoms with Gasteiger partial charge < -0.3 is 9.64 Å². The maximum atomic E-state index is 13.1. The van der Waals surface area contributed by atoms with Crippen molar-refractivity contribution in [2.24, 2.45) is 0 Å². The summed E-state index contributed by atoms with van der Waals surface area (Å²) in [5.74, 6) is -0.175. The first-order chi connectivity index (χ1) is 19.0. The molecular formula is C34H33N3O2. The predicted octanol–water partition coefficient (Wildman–Crippen LogP) is 6.54. The molecule has 196 valence electrons. The van der Waals surface area contributed by atoms with E-state index in [9.17, 15) is 10.1 Å². The van der Waals surface area contributed by atoms with Crippen molar-refractivity contribution in [2.45, 2.75) is 24.9 Å². The molecule has 1 fully saturated rings. The van der Waals surface area contributed by atoms with E-state index in [4.69, 9.17) is 4.74 Å². The zero-order valence-corrected chi connectivity index (χ0v) is 22.5. The number of carbonyl (C=O) groups excluding carboxylic acids is 1. The van der Waals surface area contributed by atoms with Gasteiger partial charge in [0.2, 0.25) is 0 Å². The van der Waals surface area contributed by atoms with Gasteiger partial charge in [0.1, 0.15) is 5.54 Å². The second-order valence-electron chi connectivity index (χ2n) is 10.1. The second-order valence-corrected chi connectivity index (χ2v) is 10.1. The van der Waals surface area contributed by atoms with Gasteiger partial charge in [0, 0.05) is 30.9 Å². The number of anilines is 1. The SMILES string of the molecule is COC(=O)C1(N(C)Cc2ccc(-c3cc(-c4ccccc4)ccc3C#N)cc2)CCN(c2ccccc2)CC1. The van der Waals surface area contributed by atoms with Crippen LogP contribution in [0.25, 0.3) is 22.3 Å². The molecule has 5 rings (SSSR count). The van der Waals surface area contributed by atoms with E-state index in [0.29, 0.717) is 24.9 Å². The van der Waals surface area contributed by atoms with Crippen molar-refractivity contribution in [3.63, 3.8) is 0 Å². The second kappa shape index (κ2) is 11.6. The zero-order chi connectivity index (χ0) is 27.2. The molecule has 4 aromatic carbocycles. The van der Waals surface area contributed by atoms with E-state index in [0.717, 1.165) is 40.9 Å². The number of rotatable bonds is 7. The van der Waals surface area contributed by atoms with Crippen LogP contribution in [-0.2, 0) is 16.1 Å². The van der Waals surface area contributed by atoms with E-state index in [2.05, 4.69) is 70.5 Å². The summed E-state index contributed by atoms with van der Waals surface area (Å²) in [6, 6.07) is 37.2. The lowest BCUT2D eigenvalue weighted by Gasteiger charge is -2.45. The number of piperidine rings is 1. The Balaban J connectivity index is 1.34. The number of carbonyl (C=O) groups is 1. The molecule has 1 saturated heterocycles. The smallest absolute Gasteiger partial charge is 0.326 e. The minimum Gasteiger partial charge on any atom is -0.468 e. The molecule has 1 aliphatic rings. The van der Waals surface area contributed by atoms with Crippen LogP contribution in [0, 0.1) is 11.3 Å². The van der Waals surface area contributed by atoms with Gasteiger partial charge in [-0.15, -0.1) is 0 Å². The van der Waals surface area contributed by atoms with Gasteiger partial charge in [0.25, 0.3) is 0 Å². The number of likely N-dealkylation sites (N-methyl/N-ethyl adjacent to an activating group) is 1. The standard InChI is InChI=1S/C34H33N3O2/c1-36(34(33(38)39-2)19-21-37(22-20-34)31-11-7-4-8-12-31)25-26-13-15-28(16-14-26)32-23-29(17-18-30(32)24-35)27-9-5-3-6-10-27/h3-18,23H,19-22,25H2,1-2H3. The first-order valence-electron chi connectivity index (χ1n) is 13.3. The number of ether oxygens (including phenoxy) is 1. The lowest BCUT2D eigenvalue weighted by molar-refractivity contribution is -0.156. The Morgan fingerprint density at radius 1 is 0.872 bits per heavy atom. The first-order valence-corrected chi connectivity index (χ1v) is 13.3. The monoisotopic (exact) mass is 515 g/mol. The molecule has 0 bridgehead atoms. The molecule has 4 aromatic rings. The summed E-state index contributed by atoms with van der Waals surface area (Å²) in [5.41, 5.74) is 6.37. The molecule has 5 heteroatoms. The Morgan fingerprint density at radius 2 is 1.49 bits per heavy atom. The van der Waals surface area contributed by atoms with Gasteiger partial charge in [-0.05, 0) is 66.4 Å². The fraction of sp³-hybridized carbons (Fsp3) is 0.235. The molecule has 0 atom stereocenters. The quantitative estimate of drug-likeness (QED) is 0.262. The third-order valence-electron chi connectivity index (χ3n) is 7.94. The Kier molecular flexibility index (Phi) is 7.76. The molecule has 39 heavy (non-hydrogen) atoms. The molecule has 5 nitrogen and oxygen atoms in total. The van der Waals surface area contributed by atoms with Gasteiger partial charge in [-0.2, -0.15) is 5.26 Å². The van der Waals surface area contributed by atoms with Crippen molar-refractivity contribution in [2.75, 3.05) is 32.1 Å². The Hall–Kier alpha value is -4.40. The fourth-order valence-corrected chi connectivity index (χ4v) is 5.61. The van der Waals surface area contributed by atoms with Crippen LogP contribution in [0.2, 0.25) is 0 Å². The third kappa shape index (κ3) is 5.43. The summed E-state index contributed by atoms with van der Waals surface area (Å²) < 4.78 is 5.31. The minimum absolute atomic E-state index is 0.175. The van der Waals surface area contributed by atoms with Gasteiger partial charge in [0.15, 0.2) is 0 Å². The summed E-state index contributed by atoms with van der Waals surface area (Å²) >= 11 is 0. The van der Waals surface area contributed by atoms with Crippen LogP contribution in [0.15, 0.2) is 103 Å². The Morgan fingerprint density at radius 3 is 2.10 bits per heavy atom. The summed E-state index contributed by atoms with van der Waals surface area (Å²) in [7, 11) is 3.49. The van der Waals surface area contributed by atoms with E-state index in [1.165, 1.54) is 12.8 Å². The van der Waals surface area contributed by atoms with Crippen molar-refractivity contribution in [1.82, 2.24) is 4.90 Å². The Bertz CT molecular complexity index is 1450. The largest absolute Gasteiger partial charge is 0.468 e. The maximum Gasteiger partial charge on any atom is 0.326 e. The molecule has 1 aliphatic heterocycles. The van der Waals surface area contributed by atoms with Gasteiger partial charge in [-0.1, -0.05) is 78.9 Å². The van der Waals surface area contributed by atoms with Crippen LogP contribution in [-0.4, -0.2) is 43.7 Å². The van der Waals surface area contributed by atoms with Gasteiger partial charge in [-0.25, -0.2) is 0 Å². The summed E-state index contributed by atoms with van der Waals surface area (Å²) in [6.45, 7) is 2.20. The average Bonchev–Trinajstić information content (AvgIpc) is 3.01. The van der Waals surface area contributed by atoms with E-state index < -0.39 is 5.54 Å². The number of hydrogen-bond donors (Lipinski definition) is 0. The summed E-state index contributed by atoms with van der Waals surface area (Å²) in [5, 5.41) is 9.75. The van der Waals surface area contributed by atoms with E-state index in [1.807, 2.05) is 55.6 Å². The molecule has 0 N–H and O–H groups in total. The predicted molar refractivity (Wildman–Crippen MR) is 156 cm³/mol. The molecule has 1 heterocycles. The average molecular weight is 516 g/mol. The number of esters is 1. The highest BCUT2D eigenvalue weighted by Gasteiger charge is 2.45. The molecule has 0 aliphatic carbocycles. The highest BCUT2D eigenvalue weighted by atomic mass is 16.5. The lowest BCUT2D eigenvalue weighted by atomic mass is 9.85. The van der Waals surface area contributed by atoms with Gasteiger partial charge in [0.05, 0.1) is 18.7 Å². The molecule has 0 amide bonds. The highest BCUT2D eigenvalue weighted by Crippen LogP contribution is 2.34. The van der Waals surface area contributed by atoms with Crippen molar-refractivity contribution >= 4 is 11.7 Å². The van der Waals surface area contributed by atoms with Gasteiger partial charge in [-0.3, -0.25) is 9.69 Å². The Labute approximate surface area is 230 Å². The molecule has 0 radical (unpaired) electrons. The van der Waals surface area contributed by atoms with Crippen molar-refractivity contribution in [3.8, 4) is 28.3 Å². The summed E-state index contributed by atoms with van der Waals surface area (Å²) in [4.78, 5) is 17.6. The molecule has 0 spiro atoms. The molecule has 0 unspecified atom stereocenters. The fourth-order valence-electron chi connectivity index (χ4n) is 5.61. The van der Waals surface area contributed by atoms with Crippen LogP contribution in [0.1, 0.15) is 24.0 Å². The van der Waals surface area contributed by atoms with Crippen molar-refractivity contribution < 1.29 is 9.53 Å². The van der Waals surface area contributed by atoms with Crippen molar-refractivity contribution in [3.05, 3.63) is 114 Å². The third-order valence-corrected chi connectivity index (χ3v) is 7.94. The lowest BCUT2D eigenvalue weighted by Crippen LogP contribution is -2.59. The topological polar surface area (TPSA) is 56.6 Å². The maximum absolute atomic E-state index is 13.1. The number of para-hydroxylation sites is 1. The minimum atomic E-state index is -0.670. The number of methoxy groups -OCH3 is 1. The van der Waals surface area contributed by atoms with E-state index in [-0.39, 0.29) is 5.97 Å². The number of hydrogen-bond acceptors (Lipinski definition) is 5. The van der Waals surface area contributed by atoms with Gasteiger partial charge >= 0.3 is 5.97 Å². The molecule has 0 aromatic heterocycles. The van der Waals surface area contributed by atoms with Crippen LogP contribution in [0.3, 0.4) is 0 Å². The van der Waals surface area contributed by atoms with Crippen LogP contribution >= 0.6 is 0 Å². The van der Waals surface area contributed by atoms with E-state index in [1.54, 1.807) is 0 Å². The molecule has 0 saturated carbocycles. The van der Waals surface area contributed by atoms with E-state index >= 15 is 0 Å². The highest BCUT2D eigenvalue weighted by molar-refractivity contribution is 5.81. The number of nitrogens with zero attached hydrogens (tertiary/aromatic N) is 3. The van der Waals surface area contributed by atoms with Crippen molar-refractivity contribution in [1.29, 1.82) is 5.26 Å². The normalized spacial score (nSPS) is 14.6. The van der Waals surface area contributed by atoms with Crippen LogP contribution in [0.5, 0.6) is 0 Å². The van der Waals surface area contributed by atoms with Crippen LogP contribution in [0.4, 0.5) is 5.69 Å². The van der Waals surface area contributed by atoms with Crippen LogP contribution < -0.4 is 4.90 Å².